The summed E-state index contributed by atoms with van der Waals surface area (Å²) in [6.07, 6.45) is 1.74. The van der Waals surface area contributed by atoms with E-state index in [1.54, 1.807) is 18.0 Å². The summed E-state index contributed by atoms with van der Waals surface area (Å²) < 4.78 is 0. The number of hydrogen-bond acceptors (Lipinski definition) is 3. The van der Waals surface area contributed by atoms with Gasteiger partial charge >= 0.3 is 0 Å². The van der Waals surface area contributed by atoms with E-state index in [0.717, 1.165) is 22.3 Å². The van der Waals surface area contributed by atoms with Crippen LogP contribution >= 0.6 is 11.8 Å². The fraction of sp³-hybridized carbons (Fsp3) is 0.158. The Morgan fingerprint density at radius 1 is 1.13 bits per heavy atom. The first-order chi connectivity index (χ1) is 11.2. The maximum absolute atomic E-state index is 12.2. The number of nitrogens with zero attached hydrogens (tertiary/aromatic N) is 1. The van der Waals surface area contributed by atoms with Crippen molar-refractivity contribution in [2.75, 3.05) is 11.1 Å². The number of aromatic nitrogens is 1. The first kappa shape index (κ1) is 15.6. The molecule has 0 radical (unpaired) electrons. The monoisotopic (exact) mass is 322 g/mol. The maximum atomic E-state index is 12.2. The highest BCUT2D eigenvalue weighted by Gasteiger charge is 2.07. The van der Waals surface area contributed by atoms with Crippen molar-refractivity contribution >= 4 is 34.3 Å². The van der Waals surface area contributed by atoms with Crippen molar-refractivity contribution in [2.24, 2.45) is 0 Å². The fourth-order valence-electron chi connectivity index (χ4n) is 2.45. The Kier molecular flexibility index (Phi) is 4.93. The summed E-state index contributed by atoms with van der Waals surface area (Å²) in [5.41, 5.74) is 4.08. The van der Waals surface area contributed by atoms with Gasteiger partial charge in [0.05, 0.1) is 17.0 Å². The topological polar surface area (TPSA) is 42.0 Å². The second kappa shape index (κ2) is 7.29. The van der Waals surface area contributed by atoms with Crippen molar-refractivity contribution in [2.45, 2.75) is 12.7 Å². The summed E-state index contributed by atoms with van der Waals surface area (Å²) in [6, 6.07) is 18.1. The summed E-state index contributed by atoms with van der Waals surface area (Å²) in [6.45, 7) is 2.08. The van der Waals surface area contributed by atoms with Gasteiger partial charge in [0.2, 0.25) is 5.91 Å². The van der Waals surface area contributed by atoms with Crippen LogP contribution in [-0.2, 0) is 10.5 Å². The molecule has 1 N–H and O–H groups in total. The van der Waals surface area contributed by atoms with Crippen LogP contribution in [0.4, 0.5) is 5.69 Å². The number of benzene rings is 2. The van der Waals surface area contributed by atoms with E-state index in [9.17, 15) is 4.79 Å². The standard InChI is InChI=1S/C19H18N2OS/c1-14-5-2-6-15(11-14)12-23-13-18(22)21-17-9-3-7-16-8-4-10-20-19(16)17/h2-11H,12-13H2,1H3,(H,21,22). The van der Waals surface area contributed by atoms with Gasteiger partial charge in [0, 0.05) is 17.3 Å². The fourth-order valence-corrected chi connectivity index (χ4v) is 3.23. The van der Waals surface area contributed by atoms with Crippen LogP contribution in [0.5, 0.6) is 0 Å². The minimum atomic E-state index is 0.000746. The number of anilines is 1. The number of pyridine rings is 1. The molecular weight excluding hydrogens is 304 g/mol. The quantitative estimate of drug-likeness (QED) is 0.756. The molecule has 0 aliphatic rings. The van der Waals surface area contributed by atoms with E-state index in [4.69, 9.17) is 0 Å². The van der Waals surface area contributed by atoms with E-state index in [1.807, 2.05) is 36.4 Å². The Labute approximate surface area is 140 Å². The van der Waals surface area contributed by atoms with Crippen molar-refractivity contribution in [3.05, 3.63) is 71.9 Å². The maximum Gasteiger partial charge on any atom is 0.234 e. The van der Waals surface area contributed by atoms with E-state index in [0.29, 0.717) is 5.75 Å². The van der Waals surface area contributed by atoms with Gasteiger partial charge in [-0.25, -0.2) is 0 Å². The molecule has 116 valence electrons. The molecule has 0 saturated carbocycles. The largest absolute Gasteiger partial charge is 0.323 e. The number of carbonyl (C=O) groups excluding carboxylic acids is 1. The molecule has 0 bridgehead atoms. The molecule has 1 amide bonds. The van der Waals surface area contributed by atoms with Gasteiger partial charge in [-0.1, -0.05) is 48.0 Å². The highest BCUT2D eigenvalue weighted by atomic mass is 32.2. The number of aryl methyl sites for hydroxylation is 1. The van der Waals surface area contributed by atoms with Crippen molar-refractivity contribution in [1.29, 1.82) is 0 Å². The zero-order valence-corrected chi connectivity index (χ0v) is 13.8. The molecule has 0 spiro atoms. The number of rotatable bonds is 5. The van der Waals surface area contributed by atoms with Crippen molar-refractivity contribution in [3.63, 3.8) is 0 Å². The Hall–Kier alpha value is -2.33. The van der Waals surface area contributed by atoms with Crippen LogP contribution in [0.15, 0.2) is 60.8 Å². The van der Waals surface area contributed by atoms with Crippen LogP contribution in [-0.4, -0.2) is 16.6 Å². The minimum Gasteiger partial charge on any atom is -0.323 e. The molecule has 2 aromatic carbocycles. The van der Waals surface area contributed by atoms with Gasteiger partial charge in [0.15, 0.2) is 0 Å². The molecule has 0 atom stereocenters. The van der Waals surface area contributed by atoms with Crippen molar-refractivity contribution in [1.82, 2.24) is 4.98 Å². The third kappa shape index (κ3) is 4.11. The number of carbonyl (C=O) groups is 1. The summed E-state index contributed by atoms with van der Waals surface area (Å²) >= 11 is 1.62. The number of hydrogen-bond donors (Lipinski definition) is 1. The average molecular weight is 322 g/mol. The molecule has 1 heterocycles. The highest BCUT2D eigenvalue weighted by molar-refractivity contribution is 7.99. The zero-order valence-electron chi connectivity index (χ0n) is 13.0. The molecule has 0 aliphatic heterocycles. The van der Waals surface area contributed by atoms with E-state index in [1.165, 1.54) is 11.1 Å². The number of nitrogens with one attached hydrogen (secondary N) is 1. The Morgan fingerprint density at radius 2 is 1.96 bits per heavy atom. The number of fused-ring (bicyclic) bond motifs is 1. The van der Waals surface area contributed by atoms with Crippen LogP contribution in [0.25, 0.3) is 10.9 Å². The number of thioether (sulfide) groups is 1. The summed E-state index contributed by atoms with van der Waals surface area (Å²) in [5.74, 6) is 1.26. The first-order valence-corrected chi connectivity index (χ1v) is 8.65. The molecule has 3 rings (SSSR count). The highest BCUT2D eigenvalue weighted by Crippen LogP contribution is 2.21. The lowest BCUT2D eigenvalue weighted by Crippen LogP contribution is -2.14. The summed E-state index contributed by atoms with van der Waals surface area (Å²) in [7, 11) is 0. The Morgan fingerprint density at radius 3 is 2.83 bits per heavy atom. The van der Waals surface area contributed by atoms with E-state index in [-0.39, 0.29) is 5.91 Å². The smallest absolute Gasteiger partial charge is 0.234 e. The van der Waals surface area contributed by atoms with E-state index >= 15 is 0 Å². The predicted octanol–water partition coefficient (Wildman–Crippen LogP) is 4.42. The molecule has 1 aromatic heterocycles. The van der Waals surface area contributed by atoms with Crippen LogP contribution in [0.3, 0.4) is 0 Å². The SMILES string of the molecule is Cc1cccc(CSCC(=O)Nc2cccc3cccnc23)c1. The molecule has 0 saturated heterocycles. The molecule has 4 heteroatoms. The molecular formula is C19H18N2OS. The van der Waals surface area contributed by atoms with Gasteiger partial charge in [-0.15, -0.1) is 11.8 Å². The van der Waals surface area contributed by atoms with Crippen LogP contribution in [0, 0.1) is 6.92 Å². The molecule has 0 unspecified atom stereocenters. The summed E-state index contributed by atoms with van der Waals surface area (Å²) in [4.78, 5) is 16.5. The molecule has 23 heavy (non-hydrogen) atoms. The van der Waals surface area contributed by atoms with Gasteiger partial charge in [0.25, 0.3) is 0 Å². The number of amides is 1. The van der Waals surface area contributed by atoms with Crippen molar-refractivity contribution in [3.8, 4) is 0 Å². The lowest BCUT2D eigenvalue weighted by atomic mass is 10.2. The average Bonchev–Trinajstić information content (AvgIpc) is 2.55. The Balaban J connectivity index is 1.59. The minimum absolute atomic E-state index is 0.000746. The van der Waals surface area contributed by atoms with Crippen LogP contribution in [0.1, 0.15) is 11.1 Å². The molecule has 3 aromatic rings. The number of para-hydroxylation sites is 1. The second-order valence-corrected chi connectivity index (χ2v) is 6.40. The van der Waals surface area contributed by atoms with Crippen LogP contribution in [0.2, 0.25) is 0 Å². The van der Waals surface area contributed by atoms with Gasteiger partial charge in [0.1, 0.15) is 0 Å². The third-order valence-corrected chi connectivity index (χ3v) is 4.49. The van der Waals surface area contributed by atoms with E-state index in [2.05, 4.69) is 35.4 Å². The predicted molar refractivity (Wildman–Crippen MR) is 97.7 cm³/mol. The van der Waals surface area contributed by atoms with Gasteiger partial charge < -0.3 is 5.32 Å². The van der Waals surface area contributed by atoms with Gasteiger partial charge in [-0.05, 0) is 24.6 Å². The normalized spacial score (nSPS) is 10.7. The molecule has 0 fully saturated rings. The second-order valence-electron chi connectivity index (χ2n) is 5.41. The van der Waals surface area contributed by atoms with Crippen LogP contribution < -0.4 is 5.32 Å². The summed E-state index contributed by atoms with van der Waals surface area (Å²) in [5, 5.41) is 3.99. The Bertz CT molecular complexity index is 827. The first-order valence-electron chi connectivity index (χ1n) is 7.49. The molecule has 3 nitrogen and oxygen atoms in total. The third-order valence-electron chi connectivity index (χ3n) is 3.49. The molecule has 0 aliphatic carbocycles. The van der Waals surface area contributed by atoms with E-state index < -0.39 is 0 Å². The zero-order chi connectivity index (χ0) is 16.1. The van der Waals surface area contributed by atoms with Gasteiger partial charge in [-0.3, -0.25) is 9.78 Å². The lowest BCUT2D eigenvalue weighted by Gasteiger charge is -2.08. The van der Waals surface area contributed by atoms with Gasteiger partial charge in [-0.2, -0.15) is 0 Å². The lowest BCUT2D eigenvalue weighted by molar-refractivity contribution is -0.113. The van der Waals surface area contributed by atoms with Crippen molar-refractivity contribution < 1.29 is 4.79 Å².